The molecule has 7 nitrogen and oxygen atoms in total. The zero-order valence-corrected chi connectivity index (χ0v) is 15.5. The van der Waals surface area contributed by atoms with E-state index in [0.717, 1.165) is 37.0 Å². The Hall–Kier alpha value is -1.44. The minimum Gasteiger partial charge on any atom is -0.461 e. The maximum absolute atomic E-state index is 12.3. The number of ether oxygens (including phenoxy) is 1. The van der Waals surface area contributed by atoms with Crippen molar-refractivity contribution in [2.24, 2.45) is 0 Å². The van der Waals surface area contributed by atoms with Crippen LogP contribution in [0.4, 0.5) is 9.59 Å². The standard InChI is InChI=1S/C15H28N4O3S/c1-15(2,3)23-17-13(20)19(14(21)18(4)5)12(16)22-11-9-7-6-8-10-11/h11,16H,6-10H2,1-5H3,(H,17,20). The number of nitrogens with zero attached hydrogens (tertiary/aromatic N) is 2. The number of amidine groups is 1. The third-order valence-electron chi connectivity index (χ3n) is 3.26. The molecule has 2 N–H and O–H groups in total. The SMILES string of the molecule is CN(C)C(=O)N(C(=N)OC1CCCCC1)C(=O)NSC(C)(C)C. The summed E-state index contributed by atoms with van der Waals surface area (Å²) in [6.45, 7) is 5.83. The van der Waals surface area contributed by atoms with Gasteiger partial charge < -0.3 is 9.64 Å². The molecule has 8 heteroatoms. The zero-order valence-electron chi connectivity index (χ0n) is 14.6. The molecule has 0 atom stereocenters. The molecular formula is C15H28N4O3S. The third-order valence-corrected chi connectivity index (χ3v) is 4.14. The van der Waals surface area contributed by atoms with Crippen molar-refractivity contribution in [3.63, 3.8) is 0 Å². The molecule has 4 amide bonds. The van der Waals surface area contributed by atoms with Gasteiger partial charge in [-0.15, -0.1) is 0 Å². The normalized spacial score (nSPS) is 15.7. The van der Waals surface area contributed by atoms with Gasteiger partial charge in [0, 0.05) is 18.8 Å². The van der Waals surface area contributed by atoms with Crippen LogP contribution in [-0.4, -0.2) is 52.8 Å². The summed E-state index contributed by atoms with van der Waals surface area (Å²) in [7, 11) is 3.07. The van der Waals surface area contributed by atoms with E-state index in [1.807, 2.05) is 20.8 Å². The predicted molar refractivity (Wildman–Crippen MR) is 92.5 cm³/mol. The lowest BCUT2D eigenvalue weighted by Gasteiger charge is -2.29. The molecule has 0 bridgehead atoms. The van der Waals surface area contributed by atoms with Gasteiger partial charge >= 0.3 is 18.1 Å². The Morgan fingerprint density at radius 1 is 1.17 bits per heavy atom. The van der Waals surface area contributed by atoms with Crippen LogP contribution < -0.4 is 4.72 Å². The van der Waals surface area contributed by atoms with Crippen LogP contribution in [0.2, 0.25) is 0 Å². The summed E-state index contributed by atoms with van der Waals surface area (Å²) < 4.78 is 7.98. The van der Waals surface area contributed by atoms with Crippen LogP contribution in [0.25, 0.3) is 0 Å². The van der Waals surface area contributed by atoms with Crippen LogP contribution in [0, 0.1) is 5.41 Å². The number of amides is 4. The highest BCUT2D eigenvalue weighted by molar-refractivity contribution is 7.99. The van der Waals surface area contributed by atoms with E-state index in [1.165, 1.54) is 30.9 Å². The number of nitrogens with one attached hydrogen (secondary N) is 2. The first kappa shape index (κ1) is 19.6. The Labute approximate surface area is 142 Å². The Morgan fingerprint density at radius 3 is 2.22 bits per heavy atom. The highest BCUT2D eigenvalue weighted by Gasteiger charge is 2.31. The minimum absolute atomic E-state index is 0.100. The van der Waals surface area contributed by atoms with Crippen molar-refractivity contribution in [1.29, 1.82) is 5.41 Å². The number of carbonyl (C=O) groups excluding carboxylic acids is 2. The molecule has 1 saturated carbocycles. The Morgan fingerprint density at radius 2 is 1.74 bits per heavy atom. The molecule has 0 radical (unpaired) electrons. The van der Waals surface area contributed by atoms with E-state index in [-0.39, 0.29) is 10.9 Å². The highest BCUT2D eigenvalue weighted by atomic mass is 32.2. The third kappa shape index (κ3) is 6.68. The lowest BCUT2D eigenvalue weighted by molar-refractivity contribution is 0.115. The molecule has 1 aliphatic carbocycles. The highest BCUT2D eigenvalue weighted by Crippen LogP contribution is 2.22. The molecular weight excluding hydrogens is 316 g/mol. The molecule has 0 saturated heterocycles. The quantitative estimate of drug-likeness (QED) is 0.457. The molecule has 0 spiro atoms. The molecule has 1 rings (SSSR count). The topological polar surface area (TPSA) is 85.7 Å². The van der Waals surface area contributed by atoms with Gasteiger partial charge in [0.2, 0.25) is 0 Å². The fourth-order valence-corrected chi connectivity index (χ4v) is 2.59. The lowest BCUT2D eigenvalue weighted by atomic mass is 9.98. The van der Waals surface area contributed by atoms with Gasteiger partial charge in [0.05, 0.1) is 0 Å². The molecule has 23 heavy (non-hydrogen) atoms. The molecule has 0 aromatic carbocycles. The minimum atomic E-state index is -0.663. The van der Waals surface area contributed by atoms with Gasteiger partial charge in [-0.25, -0.2) is 9.59 Å². The number of carbonyl (C=O) groups is 2. The Kier molecular flexibility index (Phi) is 7.18. The summed E-state index contributed by atoms with van der Waals surface area (Å²) in [6, 6.07) is -1.68. The first-order valence-electron chi connectivity index (χ1n) is 7.86. The number of hydrogen-bond donors (Lipinski definition) is 2. The van der Waals surface area contributed by atoms with Crippen LogP contribution in [-0.2, 0) is 4.74 Å². The second-order valence-electron chi connectivity index (χ2n) is 6.82. The van der Waals surface area contributed by atoms with Gasteiger partial charge in [0.15, 0.2) is 0 Å². The monoisotopic (exact) mass is 344 g/mol. The average Bonchev–Trinajstić information content (AvgIpc) is 2.45. The summed E-state index contributed by atoms with van der Waals surface area (Å²) in [5.41, 5.74) is 0. The first-order chi connectivity index (χ1) is 10.6. The summed E-state index contributed by atoms with van der Waals surface area (Å²) in [4.78, 5) is 26.6. The molecule has 132 valence electrons. The van der Waals surface area contributed by atoms with Gasteiger partial charge in [-0.2, -0.15) is 4.90 Å². The fourth-order valence-electron chi connectivity index (χ4n) is 2.10. The van der Waals surface area contributed by atoms with Crippen molar-refractivity contribution < 1.29 is 14.3 Å². The van der Waals surface area contributed by atoms with Crippen LogP contribution in [0.1, 0.15) is 52.9 Å². The molecule has 1 aliphatic rings. The fraction of sp³-hybridized carbons (Fsp3) is 0.800. The van der Waals surface area contributed by atoms with Crippen LogP contribution in [0.3, 0.4) is 0 Å². The second-order valence-corrected chi connectivity index (χ2v) is 8.45. The van der Waals surface area contributed by atoms with Crippen molar-refractivity contribution in [2.45, 2.75) is 63.7 Å². The van der Waals surface area contributed by atoms with Gasteiger partial charge in [-0.05, 0) is 58.4 Å². The van der Waals surface area contributed by atoms with E-state index in [0.29, 0.717) is 0 Å². The van der Waals surface area contributed by atoms with E-state index in [1.54, 1.807) is 0 Å². The Bertz CT molecular complexity index is 442. The zero-order chi connectivity index (χ0) is 17.6. The van der Waals surface area contributed by atoms with E-state index in [2.05, 4.69) is 4.72 Å². The summed E-state index contributed by atoms with van der Waals surface area (Å²) in [6.07, 6.45) is 4.86. The average molecular weight is 344 g/mol. The number of rotatable bonds is 2. The summed E-state index contributed by atoms with van der Waals surface area (Å²) in [5, 5.41) is 8.06. The van der Waals surface area contributed by atoms with E-state index in [4.69, 9.17) is 10.1 Å². The summed E-state index contributed by atoms with van der Waals surface area (Å²) >= 11 is 1.20. The molecule has 0 unspecified atom stereocenters. The summed E-state index contributed by atoms with van der Waals surface area (Å²) in [5.74, 6) is 0. The van der Waals surface area contributed by atoms with E-state index < -0.39 is 18.1 Å². The van der Waals surface area contributed by atoms with Gasteiger partial charge in [-0.1, -0.05) is 6.42 Å². The van der Waals surface area contributed by atoms with E-state index in [9.17, 15) is 9.59 Å². The van der Waals surface area contributed by atoms with Crippen LogP contribution in [0.15, 0.2) is 0 Å². The first-order valence-corrected chi connectivity index (χ1v) is 8.68. The van der Waals surface area contributed by atoms with Crippen molar-refractivity contribution in [1.82, 2.24) is 14.5 Å². The van der Waals surface area contributed by atoms with Crippen molar-refractivity contribution in [2.75, 3.05) is 14.1 Å². The Balaban J connectivity index is 2.76. The lowest BCUT2D eigenvalue weighted by Crippen LogP contribution is -2.51. The largest absolute Gasteiger partial charge is 0.461 e. The van der Waals surface area contributed by atoms with Crippen molar-refractivity contribution in [3.05, 3.63) is 0 Å². The second kappa shape index (κ2) is 8.42. The maximum Gasteiger partial charge on any atom is 0.343 e. The van der Waals surface area contributed by atoms with Gasteiger partial charge in [0.25, 0.3) is 0 Å². The molecule has 0 heterocycles. The molecule has 0 aromatic rings. The number of hydrogen-bond acceptors (Lipinski definition) is 5. The van der Waals surface area contributed by atoms with Crippen molar-refractivity contribution in [3.8, 4) is 0 Å². The van der Waals surface area contributed by atoms with Crippen LogP contribution >= 0.6 is 11.9 Å². The maximum atomic E-state index is 12.3. The smallest absolute Gasteiger partial charge is 0.343 e. The van der Waals surface area contributed by atoms with Gasteiger partial charge in [0.1, 0.15) is 6.10 Å². The van der Waals surface area contributed by atoms with E-state index >= 15 is 0 Å². The number of imide groups is 1. The molecule has 1 fully saturated rings. The predicted octanol–water partition coefficient (Wildman–Crippen LogP) is 3.41. The van der Waals surface area contributed by atoms with Gasteiger partial charge in [-0.3, -0.25) is 10.1 Å². The van der Waals surface area contributed by atoms with Crippen molar-refractivity contribution >= 4 is 30.0 Å². The molecule has 0 aliphatic heterocycles. The number of urea groups is 2. The van der Waals surface area contributed by atoms with Crippen LogP contribution in [0.5, 0.6) is 0 Å². The molecule has 0 aromatic heterocycles.